The zero-order valence-corrected chi connectivity index (χ0v) is 14.2. The molecule has 0 aliphatic carbocycles. The molecule has 25 heavy (non-hydrogen) atoms. The second kappa shape index (κ2) is 7.61. The van der Waals surface area contributed by atoms with Gasteiger partial charge in [0.2, 0.25) is 0 Å². The topological polar surface area (TPSA) is 99.4 Å². The molecule has 0 aliphatic rings. The molecule has 0 fully saturated rings. The average molecular weight is 345 g/mol. The lowest BCUT2D eigenvalue weighted by atomic mass is 10.2. The Balaban J connectivity index is 2.18. The molecule has 0 unspecified atom stereocenters. The molecule has 0 saturated carbocycles. The molecular formula is C17H19N3O5. The number of amides is 1. The number of rotatable bonds is 5. The van der Waals surface area contributed by atoms with E-state index in [4.69, 9.17) is 4.74 Å². The van der Waals surface area contributed by atoms with E-state index in [-0.39, 0.29) is 5.56 Å². The summed E-state index contributed by atoms with van der Waals surface area (Å²) in [4.78, 5) is 47.7. The second-order valence-corrected chi connectivity index (χ2v) is 5.47. The van der Waals surface area contributed by atoms with Crippen LogP contribution in [0.25, 0.3) is 0 Å². The monoisotopic (exact) mass is 345 g/mol. The predicted octanol–water partition coefficient (Wildman–Crippen LogP) is 0.903. The third-order valence-electron chi connectivity index (χ3n) is 3.51. The van der Waals surface area contributed by atoms with Gasteiger partial charge in [0.1, 0.15) is 5.56 Å². The van der Waals surface area contributed by atoms with Gasteiger partial charge >= 0.3 is 11.7 Å². The molecule has 8 nitrogen and oxygen atoms in total. The van der Waals surface area contributed by atoms with Gasteiger partial charge in [-0.1, -0.05) is 6.92 Å². The van der Waals surface area contributed by atoms with Crippen LogP contribution in [0.15, 0.2) is 40.1 Å². The summed E-state index contributed by atoms with van der Waals surface area (Å²) in [6.45, 7) is 2.24. The van der Waals surface area contributed by atoms with Crippen molar-refractivity contribution < 1.29 is 14.3 Å². The Bertz CT molecular complexity index is 909. The van der Waals surface area contributed by atoms with E-state index in [0.717, 1.165) is 15.6 Å². The third-order valence-corrected chi connectivity index (χ3v) is 3.51. The number of aromatic nitrogens is 2. The number of benzene rings is 1. The van der Waals surface area contributed by atoms with Crippen molar-refractivity contribution in [2.24, 2.45) is 14.1 Å². The Morgan fingerprint density at radius 3 is 2.36 bits per heavy atom. The van der Waals surface area contributed by atoms with E-state index < -0.39 is 23.1 Å². The molecule has 0 bridgehead atoms. The molecule has 132 valence electrons. The van der Waals surface area contributed by atoms with E-state index in [9.17, 15) is 19.2 Å². The van der Waals surface area contributed by atoms with E-state index in [2.05, 4.69) is 5.32 Å². The minimum atomic E-state index is -0.680. The fourth-order valence-corrected chi connectivity index (χ4v) is 2.13. The molecule has 1 N–H and O–H groups in total. The molecule has 0 atom stereocenters. The van der Waals surface area contributed by atoms with Gasteiger partial charge in [0, 0.05) is 26.0 Å². The van der Waals surface area contributed by atoms with Gasteiger partial charge < -0.3 is 14.6 Å². The van der Waals surface area contributed by atoms with Crippen molar-refractivity contribution in [3.05, 3.63) is 62.4 Å². The third kappa shape index (κ3) is 4.03. The van der Waals surface area contributed by atoms with Crippen molar-refractivity contribution in [2.75, 3.05) is 11.9 Å². The summed E-state index contributed by atoms with van der Waals surface area (Å²) in [6, 6.07) is 6.11. The van der Waals surface area contributed by atoms with Gasteiger partial charge in [0.05, 0.1) is 12.2 Å². The number of hydrogen-bond donors (Lipinski definition) is 1. The number of carbonyl (C=O) groups is 2. The van der Waals surface area contributed by atoms with Gasteiger partial charge in [-0.05, 0) is 30.7 Å². The van der Waals surface area contributed by atoms with Crippen LogP contribution < -0.4 is 16.6 Å². The number of hydrogen-bond acceptors (Lipinski definition) is 5. The first kappa shape index (κ1) is 18.2. The standard InChI is InChI=1S/C17H19N3O5/c1-4-9-25-16(23)11-5-7-12(8-6-11)18-14(21)13-10-19(2)17(24)20(3)15(13)22/h5-8,10H,4,9H2,1-3H3,(H,18,21). The SMILES string of the molecule is CCCOC(=O)c1ccc(NC(=O)c2cn(C)c(=O)n(C)c2=O)cc1. The number of aryl methyl sites for hydroxylation is 1. The predicted molar refractivity (Wildman–Crippen MR) is 91.9 cm³/mol. The zero-order chi connectivity index (χ0) is 18.6. The highest BCUT2D eigenvalue weighted by Crippen LogP contribution is 2.11. The number of nitrogens with zero attached hydrogens (tertiary/aromatic N) is 2. The lowest BCUT2D eigenvalue weighted by molar-refractivity contribution is 0.0505. The fraction of sp³-hybridized carbons (Fsp3) is 0.294. The summed E-state index contributed by atoms with van der Waals surface area (Å²) in [6.07, 6.45) is 1.92. The molecule has 8 heteroatoms. The van der Waals surface area contributed by atoms with Crippen molar-refractivity contribution in [1.82, 2.24) is 9.13 Å². The Morgan fingerprint density at radius 2 is 1.76 bits per heavy atom. The highest BCUT2D eigenvalue weighted by Gasteiger charge is 2.15. The smallest absolute Gasteiger partial charge is 0.338 e. The molecule has 1 heterocycles. The normalized spacial score (nSPS) is 10.4. The molecule has 0 spiro atoms. The zero-order valence-electron chi connectivity index (χ0n) is 14.2. The van der Waals surface area contributed by atoms with Crippen LogP contribution in [0.5, 0.6) is 0 Å². The van der Waals surface area contributed by atoms with E-state index in [0.29, 0.717) is 17.9 Å². The maximum absolute atomic E-state index is 12.3. The van der Waals surface area contributed by atoms with Crippen molar-refractivity contribution in [3.63, 3.8) is 0 Å². The van der Waals surface area contributed by atoms with Gasteiger partial charge in [-0.3, -0.25) is 14.2 Å². The molecule has 1 aromatic heterocycles. The van der Waals surface area contributed by atoms with Crippen LogP contribution in [0.2, 0.25) is 0 Å². The summed E-state index contributed by atoms with van der Waals surface area (Å²) in [7, 11) is 2.76. The fourth-order valence-electron chi connectivity index (χ4n) is 2.13. The van der Waals surface area contributed by atoms with Crippen LogP contribution in [0.3, 0.4) is 0 Å². The van der Waals surface area contributed by atoms with Crippen LogP contribution in [0.4, 0.5) is 5.69 Å². The van der Waals surface area contributed by atoms with E-state index >= 15 is 0 Å². The Morgan fingerprint density at radius 1 is 1.12 bits per heavy atom. The van der Waals surface area contributed by atoms with Crippen LogP contribution in [0, 0.1) is 0 Å². The van der Waals surface area contributed by atoms with Crippen LogP contribution >= 0.6 is 0 Å². The number of nitrogens with one attached hydrogen (secondary N) is 1. The molecule has 2 rings (SSSR count). The van der Waals surface area contributed by atoms with Crippen molar-refractivity contribution >= 4 is 17.6 Å². The first-order chi connectivity index (χ1) is 11.8. The summed E-state index contributed by atoms with van der Waals surface area (Å²) in [5.41, 5.74) is -0.578. The molecule has 1 aromatic carbocycles. The number of anilines is 1. The maximum Gasteiger partial charge on any atom is 0.338 e. The summed E-state index contributed by atoms with van der Waals surface area (Å²) < 4.78 is 7.04. The van der Waals surface area contributed by atoms with Gasteiger partial charge in [0.25, 0.3) is 11.5 Å². The second-order valence-electron chi connectivity index (χ2n) is 5.47. The van der Waals surface area contributed by atoms with Crippen molar-refractivity contribution in [3.8, 4) is 0 Å². The van der Waals surface area contributed by atoms with Gasteiger partial charge in [-0.15, -0.1) is 0 Å². The quantitative estimate of drug-likeness (QED) is 0.812. The van der Waals surface area contributed by atoms with E-state index in [1.165, 1.54) is 44.6 Å². The van der Waals surface area contributed by atoms with E-state index in [1.807, 2.05) is 6.92 Å². The minimum Gasteiger partial charge on any atom is -0.462 e. The van der Waals surface area contributed by atoms with Crippen LogP contribution in [-0.4, -0.2) is 27.6 Å². The molecular weight excluding hydrogens is 326 g/mol. The highest BCUT2D eigenvalue weighted by atomic mass is 16.5. The number of esters is 1. The van der Waals surface area contributed by atoms with Crippen LogP contribution in [0.1, 0.15) is 34.1 Å². The lowest BCUT2D eigenvalue weighted by Crippen LogP contribution is -2.40. The molecule has 0 radical (unpaired) electrons. The van der Waals surface area contributed by atoms with Crippen LogP contribution in [-0.2, 0) is 18.8 Å². The molecule has 0 saturated heterocycles. The summed E-state index contributed by atoms with van der Waals surface area (Å²) >= 11 is 0. The van der Waals surface area contributed by atoms with Crippen molar-refractivity contribution in [1.29, 1.82) is 0 Å². The first-order valence-corrected chi connectivity index (χ1v) is 7.70. The number of carbonyl (C=O) groups excluding carboxylic acids is 2. The first-order valence-electron chi connectivity index (χ1n) is 7.70. The highest BCUT2D eigenvalue weighted by molar-refractivity contribution is 6.04. The maximum atomic E-state index is 12.3. The lowest BCUT2D eigenvalue weighted by Gasteiger charge is -2.08. The summed E-state index contributed by atoms with van der Waals surface area (Å²) in [5, 5.41) is 2.56. The Labute approximate surface area is 143 Å². The summed E-state index contributed by atoms with van der Waals surface area (Å²) in [5.74, 6) is -1.08. The molecule has 2 aromatic rings. The Kier molecular flexibility index (Phi) is 5.53. The van der Waals surface area contributed by atoms with Crippen molar-refractivity contribution in [2.45, 2.75) is 13.3 Å². The largest absolute Gasteiger partial charge is 0.462 e. The Hall–Kier alpha value is -3.16. The molecule has 0 aliphatic heterocycles. The van der Waals surface area contributed by atoms with Gasteiger partial charge in [-0.25, -0.2) is 9.59 Å². The minimum absolute atomic E-state index is 0.156. The van der Waals surface area contributed by atoms with Gasteiger partial charge in [-0.2, -0.15) is 0 Å². The number of ether oxygens (including phenoxy) is 1. The van der Waals surface area contributed by atoms with Gasteiger partial charge in [0.15, 0.2) is 0 Å². The molecule has 1 amide bonds. The average Bonchev–Trinajstić information content (AvgIpc) is 2.61. The van der Waals surface area contributed by atoms with E-state index in [1.54, 1.807) is 0 Å².